The Kier molecular flexibility index (Phi) is 7.18. The predicted octanol–water partition coefficient (Wildman–Crippen LogP) is 2.80. The van der Waals surface area contributed by atoms with Gasteiger partial charge in [-0.1, -0.05) is 18.9 Å². The number of nitrogens with zero attached hydrogens (tertiary/aromatic N) is 1. The van der Waals surface area contributed by atoms with Crippen LogP contribution in [-0.4, -0.2) is 41.8 Å². The van der Waals surface area contributed by atoms with Crippen molar-refractivity contribution in [1.29, 1.82) is 0 Å². The molecule has 0 aromatic heterocycles. The van der Waals surface area contributed by atoms with Crippen molar-refractivity contribution in [1.82, 2.24) is 10.2 Å². The molecule has 0 aliphatic heterocycles. The lowest BCUT2D eigenvalue weighted by Gasteiger charge is -2.23. The maximum absolute atomic E-state index is 12.7. The molecule has 0 radical (unpaired) electrons. The molecule has 1 saturated carbocycles. The van der Waals surface area contributed by atoms with Crippen molar-refractivity contribution in [2.24, 2.45) is 5.92 Å². The van der Waals surface area contributed by atoms with Gasteiger partial charge in [0.25, 0.3) is 5.91 Å². The fraction of sp³-hybridized carbons (Fsp3) is 0.550. The summed E-state index contributed by atoms with van der Waals surface area (Å²) in [5, 5.41) is 5.66. The number of benzene rings is 1. The van der Waals surface area contributed by atoms with Gasteiger partial charge in [0.2, 0.25) is 11.8 Å². The minimum atomic E-state index is -0.530. The Bertz CT molecular complexity index is 649. The van der Waals surface area contributed by atoms with Crippen molar-refractivity contribution in [2.45, 2.75) is 52.5 Å². The number of carbonyl (C=O) groups excluding carboxylic acids is 3. The molecule has 2 rings (SSSR count). The summed E-state index contributed by atoms with van der Waals surface area (Å²) in [7, 11) is 0. The molecule has 1 aliphatic carbocycles. The largest absolute Gasteiger partial charge is 0.344 e. The lowest BCUT2D eigenvalue weighted by atomic mass is 9.97. The molecule has 0 heterocycles. The maximum atomic E-state index is 12.7. The Morgan fingerprint density at radius 1 is 1.15 bits per heavy atom. The van der Waals surface area contributed by atoms with Crippen molar-refractivity contribution >= 4 is 23.4 Å². The SMILES string of the molecule is CCN(CC)C(=O)c1cccc(NC(=O)C(NC(C)=O)C2CCCC2)c1. The third-order valence-electron chi connectivity index (χ3n) is 4.94. The Morgan fingerprint density at radius 3 is 2.38 bits per heavy atom. The molecule has 1 aliphatic rings. The van der Waals surface area contributed by atoms with E-state index in [1.54, 1.807) is 29.2 Å². The minimum Gasteiger partial charge on any atom is -0.344 e. The minimum absolute atomic E-state index is 0.0553. The highest BCUT2D eigenvalue weighted by Crippen LogP contribution is 2.28. The number of hydrogen-bond acceptors (Lipinski definition) is 3. The summed E-state index contributed by atoms with van der Waals surface area (Å²) in [6.45, 7) is 6.58. The van der Waals surface area contributed by atoms with Crippen molar-refractivity contribution in [3.8, 4) is 0 Å². The number of anilines is 1. The van der Waals surface area contributed by atoms with Crippen LogP contribution in [0, 0.1) is 5.92 Å². The zero-order valence-corrected chi connectivity index (χ0v) is 15.9. The van der Waals surface area contributed by atoms with Gasteiger partial charge in [-0.15, -0.1) is 0 Å². The smallest absolute Gasteiger partial charge is 0.253 e. The van der Waals surface area contributed by atoms with Crippen LogP contribution in [0.3, 0.4) is 0 Å². The monoisotopic (exact) mass is 359 g/mol. The molecular weight excluding hydrogens is 330 g/mol. The highest BCUT2D eigenvalue weighted by Gasteiger charge is 2.31. The molecule has 1 aromatic rings. The highest BCUT2D eigenvalue weighted by atomic mass is 16.2. The highest BCUT2D eigenvalue weighted by molar-refractivity contribution is 5.99. The molecule has 6 heteroatoms. The Balaban J connectivity index is 2.12. The van der Waals surface area contributed by atoms with E-state index < -0.39 is 6.04 Å². The lowest BCUT2D eigenvalue weighted by molar-refractivity contribution is -0.126. The van der Waals surface area contributed by atoms with Crippen LogP contribution in [0.2, 0.25) is 0 Å². The second kappa shape index (κ2) is 9.36. The van der Waals surface area contributed by atoms with Gasteiger partial charge in [0.1, 0.15) is 6.04 Å². The fourth-order valence-electron chi connectivity index (χ4n) is 3.55. The van der Waals surface area contributed by atoms with Gasteiger partial charge in [-0.3, -0.25) is 14.4 Å². The van der Waals surface area contributed by atoms with Crippen LogP contribution < -0.4 is 10.6 Å². The molecule has 1 fully saturated rings. The van der Waals surface area contributed by atoms with Crippen LogP contribution >= 0.6 is 0 Å². The molecule has 1 aromatic carbocycles. The van der Waals surface area contributed by atoms with E-state index in [0.29, 0.717) is 24.3 Å². The van der Waals surface area contributed by atoms with E-state index in [1.807, 2.05) is 13.8 Å². The molecular formula is C20H29N3O3. The predicted molar refractivity (Wildman–Crippen MR) is 102 cm³/mol. The first-order chi connectivity index (χ1) is 12.5. The Hall–Kier alpha value is -2.37. The van der Waals surface area contributed by atoms with E-state index in [9.17, 15) is 14.4 Å². The van der Waals surface area contributed by atoms with Gasteiger partial charge in [-0.05, 0) is 50.8 Å². The number of amides is 3. The summed E-state index contributed by atoms with van der Waals surface area (Å²) >= 11 is 0. The van der Waals surface area contributed by atoms with Gasteiger partial charge < -0.3 is 15.5 Å². The quantitative estimate of drug-likeness (QED) is 0.786. The van der Waals surface area contributed by atoms with Crippen LogP contribution in [0.15, 0.2) is 24.3 Å². The van der Waals surface area contributed by atoms with Crippen molar-refractivity contribution in [3.63, 3.8) is 0 Å². The summed E-state index contributed by atoms with van der Waals surface area (Å²) in [6, 6.07) is 6.43. The number of nitrogens with one attached hydrogen (secondary N) is 2. The van der Waals surface area contributed by atoms with Gasteiger partial charge in [0.15, 0.2) is 0 Å². The normalized spacial score (nSPS) is 15.3. The molecule has 0 saturated heterocycles. The van der Waals surface area contributed by atoms with E-state index in [4.69, 9.17) is 0 Å². The number of carbonyl (C=O) groups is 3. The van der Waals surface area contributed by atoms with Crippen LogP contribution in [0.25, 0.3) is 0 Å². The molecule has 26 heavy (non-hydrogen) atoms. The lowest BCUT2D eigenvalue weighted by Crippen LogP contribution is -2.47. The van der Waals surface area contributed by atoms with E-state index >= 15 is 0 Å². The summed E-state index contributed by atoms with van der Waals surface area (Å²) < 4.78 is 0. The van der Waals surface area contributed by atoms with Crippen LogP contribution in [-0.2, 0) is 9.59 Å². The zero-order chi connectivity index (χ0) is 19.1. The summed E-state index contributed by atoms with van der Waals surface area (Å²) in [5.74, 6) is -0.318. The van der Waals surface area contributed by atoms with E-state index in [0.717, 1.165) is 25.7 Å². The zero-order valence-electron chi connectivity index (χ0n) is 15.9. The topological polar surface area (TPSA) is 78.5 Å². The summed E-state index contributed by atoms with van der Waals surface area (Å²) in [6.07, 6.45) is 4.06. The third kappa shape index (κ3) is 5.07. The van der Waals surface area contributed by atoms with Gasteiger partial charge in [-0.25, -0.2) is 0 Å². The first kappa shape index (κ1) is 19.9. The summed E-state index contributed by atoms with van der Waals surface area (Å²) in [4.78, 5) is 38.5. The molecule has 2 N–H and O–H groups in total. The average Bonchev–Trinajstić information content (AvgIpc) is 3.15. The van der Waals surface area contributed by atoms with Gasteiger partial charge in [-0.2, -0.15) is 0 Å². The first-order valence-corrected chi connectivity index (χ1v) is 9.43. The third-order valence-corrected chi connectivity index (χ3v) is 4.94. The fourth-order valence-corrected chi connectivity index (χ4v) is 3.55. The molecule has 0 bridgehead atoms. The second-order valence-corrected chi connectivity index (χ2v) is 6.77. The van der Waals surface area contributed by atoms with E-state index in [1.165, 1.54) is 6.92 Å². The summed E-state index contributed by atoms with van der Waals surface area (Å²) in [5.41, 5.74) is 1.12. The van der Waals surface area contributed by atoms with Gasteiger partial charge in [0, 0.05) is 31.3 Å². The maximum Gasteiger partial charge on any atom is 0.253 e. The molecule has 3 amide bonds. The molecule has 6 nitrogen and oxygen atoms in total. The Labute approximate surface area is 155 Å². The van der Waals surface area contributed by atoms with E-state index in [-0.39, 0.29) is 23.6 Å². The van der Waals surface area contributed by atoms with Gasteiger partial charge >= 0.3 is 0 Å². The molecule has 1 atom stereocenters. The standard InChI is InChI=1S/C20H29N3O3/c1-4-23(5-2)20(26)16-11-8-12-17(13-16)22-19(25)18(21-14(3)24)15-9-6-7-10-15/h8,11-13,15,18H,4-7,9-10H2,1-3H3,(H,21,24)(H,22,25). The van der Waals surface area contributed by atoms with Crippen LogP contribution in [0.1, 0.15) is 56.8 Å². The van der Waals surface area contributed by atoms with Crippen LogP contribution in [0.5, 0.6) is 0 Å². The van der Waals surface area contributed by atoms with Crippen molar-refractivity contribution < 1.29 is 14.4 Å². The van der Waals surface area contributed by atoms with Crippen LogP contribution in [0.4, 0.5) is 5.69 Å². The average molecular weight is 359 g/mol. The first-order valence-electron chi connectivity index (χ1n) is 9.43. The van der Waals surface area contributed by atoms with Crippen molar-refractivity contribution in [3.05, 3.63) is 29.8 Å². The molecule has 1 unspecified atom stereocenters. The number of hydrogen-bond donors (Lipinski definition) is 2. The second-order valence-electron chi connectivity index (χ2n) is 6.77. The van der Waals surface area contributed by atoms with Crippen molar-refractivity contribution in [2.75, 3.05) is 18.4 Å². The molecule has 0 spiro atoms. The molecule has 142 valence electrons. The van der Waals surface area contributed by atoms with Gasteiger partial charge in [0.05, 0.1) is 0 Å². The Morgan fingerprint density at radius 2 is 1.81 bits per heavy atom. The van der Waals surface area contributed by atoms with E-state index in [2.05, 4.69) is 10.6 Å². The number of rotatable bonds is 7.